The number of amides is 2. The van der Waals surface area contributed by atoms with Gasteiger partial charge in [-0.2, -0.15) is 0 Å². The summed E-state index contributed by atoms with van der Waals surface area (Å²) in [5.74, 6) is -0.129. The van der Waals surface area contributed by atoms with Gasteiger partial charge < -0.3 is 5.32 Å². The summed E-state index contributed by atoms with van der Waals surface area (Å²) in [5.41, 5.74) is 1.51. The minimum atomic E-state index is -0.472. The van der Waals surface area contributed by atoms with E-state index in [0.29, 0.717) is 18.8 Å². The molecule has 82 valence electrons. The maximum atomic E-state index is 11.1. The SMILES string of the molecule is CC(C)CC(=O)NC[B][B]CC(=O)NO. The zero-order valence-electron chi connectivity index (χ0n) is 9.12. The van der Waals surface area contributed by atoms with E-state index < -0.39 is 5.91 Å². The molecule has 5 nitrogen and oxygen atoms in total. The number of hydrogen-bond donors (Lipinski definition) is 3. The van der Waals surface area contributed by atoms with Crippen molar-refractivity contribution < 1.29 is 14.8 Å². The summed E-state index contributed by atoms with van der Waals surface area (Å²) in [6.07, 6.45) is 1.02. The molecule has 2 amide bonds. The molecule has 0 saturated carbocycles. The average Bonchev–Trinajstić information content (AvgIpc) is 2.15. The Balaban J connectivity index is 3.31. The van der Waals surface area contributed by atoms with Gasteiger partial charge in [-0.1, -0.05) is 13.8 Å². The Bertz CT molecular complexity index is 212. The molecule has 2 radical (unpaired) electrons. The summed E-state index contributed by atoms with van der Waals surface area (Å²) in [6.45, 7) is 3.95. The van der Waals surface area contributed by atoms with Crippen molar-refractivity contribution in [2.24, 2.45) is 5.92 Å². The van der Waals surface area contributed by atoms with Gasteiger partial charge in [-0.05, 0) is 18.7 Å². The second-order valence-electron chi connectivity index (χ2n) is 3.61. The molecule has 0 aromatic carbocycles. The zero-order chi connectivity index (χ0) is 11.7. The second kappa shape index (κ2) is 8.35. The molecule has 0 bridgehead atoms. The first-order valence-electron chi connectivity index (χ1n) is 4.91. The normalized spacial score (nSPS) is 9.60. The first-order chi connectivity index (χ1) is 7.06. The third-order valence-corrected chi connectivity index (χ3v) is 1.61. The van der Waals surface area contributed by atoms with Crippen molar-refractivity contribution in [1.82, 2.24) is 10.8 Å². The maximum Gasteiger partial charge on any atom is 0.234 e. The standard InChI is InChI=1S/C8H16B2N2O3/c1-6(2)3-7(13)11-5-10-9-4-8(14)12-15/h6,15H,3-5H2,1-2H3,(H,11,13)(H,12,14). The highest BCUT2D eigenvalue weighted by Crippen LogP contribution is 1.97. The van der Waals surface area contributed by atoms with Crippen LogP contribution in [0, 0.1) is 5.92 Å². The van der Waals surface area contributed by atoms with Crippen LogP contribution in [0.3, 0.4) is 0 Å². The second-order valence-corrected chi connectivity index (χ2v) is 3.61. The Morgan fingerprint density at radius 3 is 2.47 bits per heavy atom. The molecule has 0 atom stereocenters. The Morgan fingerprint density at radius 1 is 1.27 bits per heavy atom. The van der Waals surface area contributed by atoms with Crippen molar-refractivity contribution in [3.8, 4) is 0 Å². The van der Waals surface area contributed by atoms with Crippen molar-refractivity contribution in [3.05, 3.63) is 0 Å². The largest absolute Gasteiger partial charge is 0.365 e. The number of nitrogens with one attached hydrogen (secondary N) is 2. The highest BCUT2D eigenvalue weighted by molar-refractivity contribution is 7.01. The minimum absolute atomic E-state index is 0.00117. The van der Waals surface area contributed by atoms with Crippen LogP contribution in [0.1, 0.15) is 20.3 Å². The van der Waals surface area contributed by atoms with Crippen LogP contribution >= 0.6 is 0 Å². The van der Waals surface area contributed by atoms with Crippen molar-refractivity contribution in [2.75, 3.05) is 6.44 Å². The molecule has 0 unspecified atom stereocenters. The molecule has 0 spiro atoms. The Labute approximate surface area is 91.4 Å². The van der Waals surface area contributed by atoms with Gasteiger partial charge in [-0.15, -0.1) is 0 Å². The quantitative estimate of drug-likeness (QED) is 0.226. The van der Waals surface area contributed by atoms with E-state index in [9.17, 15) is 9.59 Å². The van der Waals surface area contributed by atoms with Gasteiger partial charge in [0, 0.05) is 6.42 Å². The minimum Gasteiger partial charge on any atom is -0.365 e. The van der Waals surface area contributed by atoms with Gasteiger partial charge in [0.25, 0.3) is 0 Å². The molecule has 0 aromatic heterocycles. The van der Waals surface area contributed by atoms with E-state index in [2.05, 4.69) is 5.32 Å². The first kappa shape index (κ1) is 14.0. The topological polar surface area (TPSA) is 78.4 Å². The molecule has 3 N–H and O–H groups in total. The van der Waals surface area contributed by atoms with Crippen LogP contribution in [-0.2, 0) is 9.59 Å². The highest BCUT2D eigenvalue weighted by Gasteiger charge is 2.04. The first-order valence-corrected chi connectivity index (χ1v) is 4.91. The Kier molecular flexibility index (Phi) is 7.81. The molecular weight excluding hydrogens is 194 g/mol. The maximum absolute atomic E-state index is 11.1. The van der Waals surface area contributed by atoms with Crippen LogP contribution in [0.4, 0.5) is 0 Å². The number of carbonyl (C=O) groups excluding carboxylic acids is 2. The van der Waals surface area contributed by atoms with Crippen molar-refractivity contribution in [3.63, 3.8) is 0 Å². The van der Waals surface area contributed by atoms with Crippen LogP contribution < -0.4 is 10.8 Å². The highest BCUT2D eigenvalue weighted by atomic mass is 16.5. The number of carbonyl (C=O) groups is 2. The van der Waals surface area contributed by atoms with Crippen LogP contribution in [0.15, 0.2) is 0 Å². The van der Waals surface area contributed by atoms with E-state index in [-0.39, 0.29) is 12.2 Å². The molecule has 7 heteroatoms. The number of hydrogen-bond acceptors (Lipinski definition) is 3. The van der Waals surface area contributed by atoms with E-state index in [4.69, 9.17) is 5.21 Å². The van der Waals surface area contributed by atoms with Crippen molar-refractivity contribution >= 4 is 26.2 Å². The van der Waals surface area contributed by atoms with Crippen molar-refractivity contribution in [1.29, 1.82) is 0 Å². The van der Waals surface area contributed by atoms with Gasteiger partial charge in [-0.3, -0.25) is 14.8 Å². The molecule has 0 rings (SSSR count). The molecule has 0 saturated heterocycles. The molecular formula is C8H16B2N2O3. The van der Waals surface area contributed by atoms with Gasteiger partial charge in [-0.25, -0.2) is 5.48 Å². The van der Waals surface area contributed by atoms with Crippen LogP contribution in [0.5, 0.6) is 0 Å². The molecule has 0 heterocycles. The van der Waals surface area contributed by atoms with Crippen LogP contribution in [0.2, 0.25) is 6.32 Å². The molecule has 0 aliphatic rings. The fourth-order valence-corrected chi connectivity index (χ4v) is 0.935. The van der Waals surface area contributed by atoms with Gasteiger partial charge >= 0.3 is 0 Å². The zero-order valence-corrected chi connectivity index (χ0v) is 9.12. The van der Waals surface area contributed by atoms with E-state index >= 15 is 0 Å². The Morgan fingerprint density at radius 2 is 1.93 bits per heavy atom. The fraction of sp³-hybridized carbons (Fsp3) is 0.750. The smallest absolute Gasteiger partial charge is 0.234 e. The molecule has 0 aromatic rings. The van der Waals surface area contributed by atoms with Crippen LogP contribution in [0.25, 0.3) is 0 Å². The monoisotopic (exact) mass is 210 g/mol. The number of hydroxylamine groups is 1. The van der Waals surface area contributed by atoms with Gasteiger partial charge in [0.05, 0.1) is 14.3 Å². The summed E-state index contributed by atoms with van der Waals surface area (Å²) in [7, 11) is 3.26. The lowest BCUT2D eigenvalue weighted by Gasteiger charge is -2.05. The predicted molar refractivity (Wildman–Crippen MR) is 58.7 cm³/mol. The molecule has 0 fully saturated rings. The average molecular weight is 210 g/mol. The summed E-state index contributed by atoms with van der Waals surface area (Å²) in [4.78, 5) is 21.7. The Hall–Kier alpha value is -0.970. The lowest BCUT2D eigenvalue weighted by Crippen LogP contribution is -2.32. The summed E-state index contributed by atoms with van der Waals surface area (Å²) < 4.78 is 0. The lowest BCUT2D eigenvalue weighted by atomic mass is 9.38. The molecule has 0 aliphatic carbocycles. The van der Waals surface area contributed by atoms with Gasteiger partial charge in [0.2, 0.25) is 11.8 Å². The van der Waals surface area contributed by atoms with Gasteiger partial charge in [0.15, 0.2) is 0 Å². The van der Waals surface area contributed by atoms with Crippen LogP contribution in [-0.4, -0.2) is 37.8 Å². The summed E-state index contributed by atoms with van der Waals surface area (Å²) >= 11 is 0. The van der Waals surface area contributed by atoms with E-state index in [1.165, 1.54) is 5.48 Å². The summed E-state index contributed by atoms with van der Waals surface area (Å²) in [6, 6.07) is 0. The fourth-order valence-electron chi connectivity index (χ4n) is 0.935. The van der Waals surface area contributed by atoms with Gasteiger partial charge in [0.1, 0.15) is 0 Å². The van der Waals surface area contributed by atoms with E-state index in [1.807, 2.05) is 13.8 Å². The number of rotatable bonds is 7. The lowest BCUT2D eigenvalue weighted by molar-refractivity contribution is -0.126. The third kappa shape index (κ3) is 9.34. The molecule has 15 heavy (non-hydrogen) atoms. The van der Waals surface area contributed by atoms with E-state index in [1.54, 1.807) is 14.3 Å². The van der Waals surface area contributed by atoms with E-state index in [0.717, 1.165) is 0 Å². The van der Waals surface area contributed by atoms with Crippen molar-refractivity contribution in [2.45, 2.75) is 26.6 Å². The predicted octanol–water partition coefficient (Wildman–Crippen LogP) is -0.647. The third-order valence-electron chi connectivity index (χ3n) is 1.61. The molecule has 0 aliphatic heterocycles. The summed E-state index contributed by atoms with van der Waals surface area (Å²) in [5, 5.41) is 10.9.